The predicted molar refractivity (Wildman–Crippen MR) is 68.3 cm³/mol. The van der Waals surface area contributed by atoms with Crippen LogP contribution in [0.2, 0.25) is 0 Å². The van der Waals surface area contributed by atoms with E-state index in [2.05, 4.69) is 20.9 Å². The molecule has 0 bridgehead atoms. The molecule has 96 valence electrons. The Kier molecular flexibility index (Phi) is 3.27. The fourth-order valence-corrected chi connectivity index (χ4v) is 1.93. The summed E-state index contributed by atoms with van der Waals surface area (Å²) in [5.41, 5.74) is 0.275. The van der Waals surface area contributed by atoms with Gasteiger partial charge >= 0.3 is 0 Å². The molecule has 0 atom stereocenters. The summed E-state index contributed by atoms with van der Waals surface area (Å²) in [6.45, 7) is 5.82. The third-order valence-corrected chi connectivity index (χ3v) is 2.95. The summed E-state index contributed by atoms with van der Waals surface area (Å²) in [7, 11) is 0. The highest BCUT2D eigenvalue weighted by atomic mass is 79.9. The van der Waals surface area contributed by atoms with Gasteiger partial charge in [0.15, 0.2) is 4.67 Å². The van der Waals surface area contributed by atoms with Crippen LogP contribution >= 0.6 is 15.9 Å². The van der Waals surface area contributed by atoms with Crippen molar-refractivity contribution in [3.8, 4) is 11.3 Å². The molecular formula is C13H12BrF2NO. The molecule has 0 N–H and O–H groups in total. The number of hydrogen-bond donors (Lipinski definition) is 0. The van der Waals surface area contributed by atoms with E-state index in [0.29, 0.717) is 16.3 Å². The first-order valence-corrected chi connectivity index (χ1v) is 6.20. The summed E-state index contributed by atoms with van der Waals surface area (Å²) in [5.74, 6) is -0.788. The number of halogens is 3. The maximum atomic E-state index is 13.7. The molecule has 0 aliphatic heterocycles. The van der Waals surface area contributed by atoms with Crippen LogP contribution in [-0.4, -0.2) is 4.98 Å². The van der Waals surface area contributed by atoms with Crippen LogP contribution in [0.4, 0.5) is 8.78 Å². The van der Waals surface area contributed by atoms with Crippen molar-refractivity contribution in [2.75, 3.05) is 0 Å². The van der Waals surface area contributed by atoms with Crippen LogP contribution in [-0.2, 0) is 5.41 Å². The minimum Gasteiger partial charge on any atom is -0.433 e. The van der Waals surface area contributed by atoms with Gasteiger partial charge < -0.3 is 4.42 Å². The van der Waals surface area contributed by atoms with Crippen LogP contribution in [0.1, 0.15) is 26.7 Å². The first-order valence-electron chi connectivity index (χ1n) is 5.41. The van der Waals surface area contributed by atoms with Crippen LogP contribution in [0.5, 0.6) is 0 Å². The molecular weight excluding hydrogens is 304 g/mol. The standard InChI is InChI=1S/C13H12BrF2NO/c1-13(2,3)12-17-10(11(14)18-12)8-5-4-7(15)6-9(8)16/h4-6H,1-3H3. The van der Waals surface area contributed by atoms with Gasteiger partial charge in [0.1, 0.15) is 17.3 Å². The smallest absolute Gasteiger partial charge is 0.201 e. The molecule has 0 spiro atoms. The van der Waals surface area contributed by atoms with Crippen molar-refractivity contribution < 1.29 is 13.2 Å². The van der Waals surface area contributed by atoms with Gasteiger partial charge in [-0.25, -0.2) is 13.8 Å². The molecule has 0 radical (unpaired) electrons. The van der Waals surface area contributed by atoms with Crippen molar-refractivity contribution in [1.29, 1.82) is 0 Å². The van der Waals surface area contributed by atoms with E-state index in [9.17, 15) is 8.78 Å². The second-order valence-electron chi connectivity index (χ2n) is 5.02. The Hall–Kier alpha value is -1.23. The van der Waals surface area contributed by atoms with Crippen LogP contribution in [0.25, 0.3) is 11.3 Å². The SMILES string of the molecule is CC(C)(C)c1nc(-c2ccc(F)cc2F)c(Br)o1. The van der Waals surface area contributed by atoms with Gasteiger partial charge in [-0.05, 0) is 28.1 Å². The van der Waals surface area contributed by atoms with Gasteiger partial charge in [-0.15, -0.1) is 0 Å². The topological polar surface area (TPSA) is 26.0 Å². The molecule has 0 saturated carbocycles. The average Bonchev–Trinajstić information content (AvgIpc) is 2.60. The highest BCUT2D eigenvalue weighted by Gasteiger charge is 2.24. The van der Waals surface area contributed by atoms with E-state index in [0.717, 1.165) is 6.07 Å². The predicted octanol–water partition coefficient (Wildman–Crippen LogP) is 4.68. The Balaban J connectivity index is 2.55. The zero-order valence-electron chi connectivity index (χ0n) is 10.2. The molecule has 0 unspecified atom stereocenters. The number of benzene rings is 1. The monoisotopic (exact) mass is 315 g/mol. The summed E-state index contributed by atoms with van der Waals surface area (Å²) in [4.78, 5) is 4.27. The van der Waals surface area contributed by atoms with Crippen LogP contribution in [0.3, 0.4) is 0 Å². The van der Waals surface area contributed by atoms with Gasteiger partial charge in [0.2, 0.25) is 5.89 Å². The molecule has 0 saturated heterocycles. The van der Waals surface area contributed by atoms with E-state index in [1.54, 1.807) is 0 Å². The molecule has 2 rings (SSSR count). The number of oxazole rings is 1. The first-order chi connectivity index (χ1) is 8.29. The molecule has 0 amide bonds. The minimum absolute atomic E-state index is 0.211. The van der Waals surface area contributed by atoms with E-state index < -0.39 is 11.6 Å². The fourth-order valence-electron chi connectivity index (χ4n) is 1.47. The van der Waals surface area contributed by atoms with Crippen molar-refractivity contribution >= 4 is 15.9 Å². The number of hydrogen-bond acceptors (Lipinski definition) is 2. The Morgan fingerprint density at radius 1 is 1.22 bits per heavy atom. The molecule has 0 aliphatic rings. The molecule has 1 heterocycles. The lowest BCUT2D eigenvalue weighted by Crippen LogP contribution is -2.11. The van der Waals surface area contributed by atoms with Crippen LogP contribution < -0.4 is 0 Å². The van der Waals surface area contributed by atoms with Crippen LogP contribution in [0.15, 0.2) is 27.3 Å². The van der Waals surface area contributed by atoms with E-state index in [1.165, 1.54) is 12.1 Å². The van der Waals surface area contributed by atoms with E-state index in [4.69, 9.17) is 4.42 Å². The highest BCUT2D eigenvalue weighted by Crippen LogP contribution is 2.34. The second kappa shape index (κ2) is 4.46. The molecule has 2 aromatic rings. The summed E-state index contributed by atoms with van der Waals surface area (Å²) >= 11 is 3.21. The Bertz CT molecular complexity index is 587. The van der Waals surface area contributed by atoms with E-state index >= 15 is 0 Å². The summed E-state index contributed by atoms with van der Waals surface area (Å²) in [6.07, 6.45) is 0. The number of rotatable bonds is 1. The third kappa shape index (κ3) is 2.46. The normalized spacial score (nSPS) is 11.9. The van der Waals surface area contributed by atoms with Crippen molar-refractivity contribution in [2.45, 2.75) is 26.2 Å². The molecule has 5 heteroatoms. The lowest BCUT2D eigenvalue weighted by molar-refractivity contribution is 0.382. The molecule has 1 aromatic carbocycles. The van der Waals surface area contributed by atoms with Gasteiger partial charge in [-0.1, -0.05) is 20.8 Å². The maximum Gasteiger partial charge on any atom is 0.201 e. The van der Waals surface area contributed by atoms with Crippen LogP contribution in [0, 0.1) is 11.6 Å². The largest absolute Gasteiger partial charge is 0.433 e. The van der Waals surface area contributed by atoms with Crippen molar-refractivity contribution in [3.05, 3.63) is 40.4 Å². The van der Waals surface area contributed by atoms with Gasteiger partial charge in [0.25, 0.3) is 0 Å². The molecule has 18 heavy (non-hydrogen) atoms. The molecule has 0 fully saturated rings. The zero-order valence-corrected chi connectivity index (χ0v) is 11.8. The minimum atomic E-state index is -0.663. The molecule has 1 aromatic heterocycles. The highest BCUT2D eigenvalue weighted by molar-refractivity contribution is 9.10. The lowest BCUT2D eigenvalue weighted by atomic mass is 9.97. The van der Waals surface area contributed by atoms with E-state index in [-0.39, 0.29) is 11.0 Å². The maximum absolute atomic E-state index is 13.7. The van der Waals surface area contributed by atoms with Crippen molar-refractivity contribution in [2.24, 2.45) is 0 Å². The molecule has 2 nitrogen and oxygen atoms in total. The van der Waals surface area contributed by atoms with Gasteiger partial charge in [-0.2, -0.15) is 0 Å². The molecule has 0 aliphatic carbocycles. The number of aromatic nitrogens is 1. The zero-order chi connectivity index (χ0) is 13.5. The van der Waals surface area contributed by atoms with Crippen molar-refractivity contribution in [3.63, 3.8) is 0 Å². The quantitative estimate of drug-likeness (QED) is 0.763. The Morgan fingerprint density at radius 3 is 2.39 bits per heavy atom. The third-order valence-electron chi connectivity index (χ3n) is 2.41. The summed E-state index contributed by atoms with van der Waals surface area (Å²) in [6, 6.07) is 3.36. The van der Waals surface area contributed by atoms with Crippen molar-refractivity contribution in [1.82, 2.24) is 4.98 Å². The number of nitrogens with zero attached hydrogens (tertiary/aromatic N) is 1. The summed E-state index contributed by atoms with van der Waals surface area (Å²) in [5, 5.41) is 0. The Labute approximate surface area is 112 Å². The van der Waals surface area contributed by atoms with Gasteiger partial charge in [0, 0.05) is 17.0 Å². The van der Waals surface area contributed by atoms with E-state index in [1.807, 2.05) is 20.8 Å². The lowest BCUT2D eigenvalue weighted by Gasteiger charge is -2.11. The Morgan fingerprint density at radius 2 is 1.89 bits per heavy atom. The second-order valence-corrected chi connectivity index (χ2v) is 5.74. The summed E-state index contributed by atoms with van der Waals surface area (Å²) < 4.78 is 32.4. The fraction of sp³-hybridized carbons (Fsp3) is 0.308. The van der Waals surface area contributed by atoms with Gasteiger partial charge in [-0.3, -0.25) is 0 Å². The first kappa shape index (κ1) is 13.2. The average molecular weight is 316 g/mol. The van der Waals surface area contributed by atoms with Gasteiger partial charge in [0.05, 0.1) is 0 Å².